The molecule has 1 aliphatic heterocycles. The van der Waals surface area contributed by atoms with E-state index in [4.69, 9.17) is 0 Å². The van der Waals surface area contributed by atoms with Crippen molar-refractivity contribution in [1.82, 2.24) is 0 Å². The van der Waals surface area contributed by atoms with E-state index in [1.165, 1.54) is 31.5 Å². The number of rotatable bonds is 4. The number of hydrogen-bond acceptors (Lipinski definition) is 1. The van der Waals surface area contributed by atoms with Gasteiger partial charge < -0.3 is 4.90 Å². The fourth-order valence-electron chi connectivity index (χ4n) is 1.80. The minimum Gasteiger partial charge on any atom is -0.365 e. The predicted molar refractivity (Wildman–Crippen MR) is 57.1 cm³/mol. The Hall–Kier alpha value is -0.980. The summed E-state index contributed by atoms with van der Waals surface area (Å²) in [4.78, 5) is 2.48. The van der Waals surface area contributed by atoms with Gasteiger partial charge in [-0.15, -0.1) is 0 Å². The van der Waals surface area contributed by atoms with Crippen molar-refractivity contribution >= 4 is 5.69 Å². The highest BCUT2D eigenvalue weighted by molar-refractivity contribution is 5.53. The lowest BCUT2D eigenvalue weighted by molar-refractivity contribution is 0.717. The molecule has 0 aliphatic carbocycles. The first-order valence-electron chi connectivity index (χ1n) is 5.23. The lowest BCUT2D eigenvalue weighted by Gasteiger charge is -2.03. The Kier molecular flexibility index (Phi) is 2.53. The molecule has 0 saturated carbocycles. The zero-order chi connectivity index (χ0) is 9.10. The highest BCUT2D eigenvalue weighted by Crippen LogP contribution is 2.30. The molecule has 1 heteroatoms. The molecule has 1 saturated heterocycles. The molecule has 1 heterocycles. The molecule has 1 atom stereocenters. The van der Waals surface area contributed by atoms with Crippen LogP contribution in [0.1, 0.15) is 26.2 Å². The number of nitrogens with zero attached hydrogens (tertiary/aromatic N) is 1. The maximum absolute atomic E-state index is 2.48. The standard InChI is InChI=1S/C12H17N/c1-2-3-7-12-10-13(12)11-8-5-4-6-9-11/h4-6,8-9,12H,2-3,7,10H2,1H3. The first-order chi connectivity index (χ1) is 6.42. The summed E-state index contributed by atoms with van der Waals surface area (Å²) in [6.45, 7) is 3.53. The minimum atomic E-state index is 0.836. The molecule has 1 aromatic carbocycles. The van der Waals surface area contributed by atoms with Crippen LogP contribution >= 0.6 is 0 Å². The van der Waals surface area contributed by atoms with Gasteiger partial charge in [0.15, 0.2) is 0 Å². The normalized spacial score (nSPS) is 20.4. The SMILES string of the molecule is CCCCC1CN1c1ccccc1. The van der Waals surface area contributed by atoms with Crippen molar-refractivity contribution in [3.05, 3.63) is 30.3 Å². The van der Waals surface area contributed by atoms with Gasteiger partial charge in [0.25, 0.3) is 0 Å². The zero-order valence-corrected chi connectivity index (χ0v) is 8.24. The molecule has 1 aliphatic rings. The second-order valence-corrected chi connectivity index (χ2v) is 3.78. The Morgan fingerprint density at radius 3 is 2.77 bits per heavy atom. The highest BCUT2D eigenvalue weighted by atomic mass is 15.3. The molecule has 0 aromatic heterocycles. The van der Waals surface area contributed by atoms with Gasteiger partial charge in [0, 0.05) is 18.3 Å². The highest BCUT2D eigenvalue weighted by Gasteiger charge is 2.32. The van der Waals surface area contributed by atoms with Gasteiger partial charge in [0.1, 0.15) is 0 Å². The first kappa shape index (κ1) is 8.61. The van der Waals surface area contributed by atoms with Crippen LogP contribution < -0.4 is 4.90 Å². The second kappa shape index (κ2) is 3.82. The van der Waals surface area contributed by atoms with E-state index in [9.17, 15) is 0 Å². The van der Waals surface area contributed by atoms with Crippen LogP contribution in [0.15, 0.2) is 30.3 Å². The Labute approximate surface area is 80.4 Å². The van der Waals surface area contributed by atoms with Crippen LogP contribution in [0.5, 0.6) is 0 Å². The van der Waals surface area contributed by atoms with Gasteiger partial charge in [-0.25, -0.2) is 0 Å². The molecule has 70 valence electrons. The summed E-state index contributed by atoms with van der Waals surface area (Å²) >= 11 is 0. The third-order valence-corrected chi connectivity index (χ3v) is 2.69. The summed E-state index contributed by atoms with van der Waals surface area (Å²) in [5.41, 5.74) is 1.39. The average Bonchev–Trinajstić information content (AvgIpc) is 2.95. The van der Waals surface area contributed by atoms with Gasteiger partial charge in [0.05, 0.1) is 0 Å². The van der Waals surface area contributed by atoms with E-state index in [1.54, 1.807) is 0 Å². The third-order valence-electron chi connectivity index (χ3n) is 2.69. The van der Waals surface area contributed by atoms with Crippen LogP contribution in [0.4, 0.5) is 5.69 Å². The number of para-hydroxylation sites is 1. The Morgan fingerprint density at radius 2 is 2.08 bits per heavy atom. The average molecular weight is 175 g/mol. The maximum Gasteiger partial charge on any atom is 0.0466 e. The Bertz CT molecular complexity index is 255. The fourth-order valence-corrected chi connectivity index (χ4v) is 1.80. The van der Waals surface area contributed by atoms with E-state index in [2.05, 4.69) is 42.2 Å². The summed E-state index contributed by atoms with van der Waals surface area (Å²) in [6, 6.07) is 11.5. The van der Waals surface area contributed by atoms with Crippen molar-refractivity contribution in [3.8, 4) is 0 Å². The predicted octanol–water partition coefficient (Wildman–Crippen LogP) is 3.07. The number of unbranched alkanes of at least 4 members (excludes halogenated alkanes) is 1. The van der Waals surface area contributed by atoms with Gasteiger partial charge in [-0.2, -0.15) is 0 Å². The van der Waals surface area contributed by atoms with Crippen LogP contribution in [0.2, 0.25) is 0 Å². The van der Waals surface area contributed by atoms with E-state index in [-0.39, 0.29) is 0 Å². The molecule has 1 fully saturated rings. The Morgan fingerprint density at radius 1 is 1.31 bits per heavy atom. The smallest absolute Gasteiger partial charge is 0.0466 e. The third kappa shape index (κ3) is 2.03. The second-order valence-electron chi connectivity index (χ2n) is 3.78. The molecule has 2 rings (SSSR count). The molecule has 1 aromatic rings. The Balaban J connectivity index is 1.86. The van der Waals surface area contributed by atoms with Crippen molar-refractivity contribution in [2.75, 3.05) is 11.4 Å². The van der Waals surface area contributed by atoms with Gasteiger partial charge in [-0.05, 0) is 18.6 Å². The quantitative estimate of drug-likeness (QED) is 0.635. The van der Waals surface area contributed by atoms with Gasteiger partial charge >= 0.3 is 0 Å². The van der Waals surface area contributed by atoms with Crippen LogP contribution in [0.3, 0.4) is 0 Å². The monoisotopic (exact) mass is 175 g/mol. The number of anilines is 1. The van der Waals surface area contributed by atoms with E-state index >= 15 is 0 Å². The molecule has 0 radical (unpaired) electrons. The molecule has 1 unspecified atom stereocenters. The van der Waals surface area contributed by atoms with Crippen LogP contribution in [0, 0.1) is 0 Å². The molecular formula is C12H17N. The van der Waals surface area contributed by atoms with E-state index in [1.807, 2.05) is 0 Å². The summed E-state index contributed by atoms with van der Waals surface area (Å²) in [5, 5.41) is 0. The minimum absolute atomic E-state index is 0.836. The lowest BCUT2D eigenvalue weighted by atomic mass is 10.2. The van der Waals surface area contributed by atoms with Crippen molar-refractivity contribution in [1.29, 1.82) is 0 Å². The number of benzene rings is 1. The van der Waals surface area contributed by atoms with Gasteiger partial charge in [-0.1, -0.05) is 38.0 Å². The van der Waals surface area contributed by atoms with Crippen LogP contribution in [-0.2, 0) is 0 Å². The van der Waals surface area contributed by atoms with Crippen molar-refractivity contribution in [2.24, 2.45) is 0 Å². The molecule has 0 amide bonds. The van der Waals surface area contributed by atoms with Crippen molar-refractivity contribution in [2.45, 2.75) is 32.2 Å². The van der Waals surface area contributed by atoms with E-state index in [0.29, 0.717) is 0 Å². The molecule has 0 spiro atoms. The fraction of sp³-hybridized carbons (Fsp3) is 0.500. The molecular weight excluding hydrogens is 158 g/mol. The summed E-state index contributed by atoms with van der Waals surface area (Å²) in [6.07, 6.45) is 4.05. The molecule has 0 bridgehead atoms. The van der Waals surface area contributed by atoms with Crippen molar-refractivity contribution < 1.29 is 0 Å². The summed E-state index contributed by atoms with van der Waals surface area (Å²) in [5.74, 6) is 0. The topological polar surface area (TPSA) is 3.01 Å². The van der Waals surface area contributed by atoms with Gasteiger partial charge in [-0.3, -0.25) is 0 Å². The zero-order valence-electron chi connectivity index (χ0n) is 8.24. The maximum atomic E-state index is 2.48. The molecule has 0 N–H and O–H groups in total. The van der Waals surface area contributed by atoms with E-state index in [0.717, 1.165) is 6.04 Å². The van der Waals surface area contributed by atoms with Crippen molar-refractivity contribution in [3.63, 3.8) is 0 Å². The molecule has 1 nitrogen and oxygen atoms in total. The van der Waals surface area contributed by atoms with Gasteiger partial charge in [0.2, 0.25) is 0 Å². The summed E-state index contributed by atoms with van der Waals surface area (Å²) < 4.78 is 0. The largest absolute Gasteiger partial charge is 0.365 e. The van der Waals surface area contributed by atoms with Crippen LogP contribution in [-0.4, -0.2) is 12.6 Å². The van der Waals surface area contributed by atoms with E-state index < -0.39 is 0 Å². The lowest BCUT2D eigenvalue weighted by Crippen LogP contribution is -1.98. The summed E-state index contributed by atoms with van der Waals surface area (Å²) in [7, 11) is 0. The first-order valence-corrected chi connectivity index (χ1v) is 5.23. The number of hydrogen-bond donors (Lipinski definition) is 0. The van der Waals surface area contributed by atoms with Crippen LogP contribution in [0.25, 0.3) is 0 Å². The molecule has 13 heavy (non-hydrogen) atoms.